The SMILES string of the molecule is CC.CC(=O)CC(C)=NCCN. The van der Waals surface area contributed by atoms with Gasteiger partial charge < -0.3 is 5.73 Å². The van der Waals surface area contributed by atoms with Gasteiger partial charge in [0.2, 0.25) is 0 Å². The molecule has 0 aliphatic heterocycles. The predicted octanol–water partition coefficient (Wildman–Crippen LogP) is 1.41. The van der Waals surface area contributed by atoms with Gasteiger partial charge in [0, 0.05) is 18.7 Å². The van der Waals surface area contributed by atoms with E-state index in [1.807, 2.05) is 20.8 Å². The molecule has 0 fully saturated rings. The minimum Gasteiger partial charge on any atom is -0.329 e. The molecule has 0 heterocycles. The first-order valence-corrected chi connectivity index (χ1v) is 4.36. The first kappa shape index (κ1) is 13.9. The molecule has 0 aromatic carbocycles. The zero-order valence-electron chi connectivity index (χ0n) is 8.55. The van der Waals surface area contributed by atoms with Crippen LogP contribution in [-0.2, 0) is 4.79 Å². The van der Waals surface area contributed by atoms with Gasteiger partial charge in [-0.2, -0.15) is 0 Å². The summed E-state index contributed by atoms with van der Waals surface area (Å²) in [6.45, 7) is 8.58. The van der Waals surface area contributed by atoms with Gasteiger partial charge in [0.15, 0.2) is 0 Å². The van der Waals surface area contributed by atoms with Crippen LogP contribution in [-0.4, -0.2) is 24.6 Å². The van der Waals surface area contributed by atoms with Gasteiger partial charge in [-0.05, 0) is 13.8 Å². The average molecular weight is 172 g/mol. The lowest BCUT2D eigenvalue weighted by atomic mass is 10.2. The van der Waals surface area contributed by atoms with Gasteiger partial charge in [0.1, 0.15) is 5.78 Å². The van der Waals surface area contributed by atoms with Crippen LogP contribution in [0.5, 0.6) is 0 Å². The Kier molecular flexibility index (Phi) is 11.9. The second-order valence-corrected chi connectivity index (χ2v) is 2.28. The van der Waals surface area contributed by atoms with Crippen molar-refractivity contribution in [2.24, 2.45) is 10.7 Å². The average Bonchev–Trinajstić information content (AvgIpc) is 2.03. The molecule has 0 radical (unpaired) electrons. The van der Waals surface area contributed by atoms with Crippen molar-refractivity contribution in [3.63, 3.8) is 0 Å². The fourth-order valence-corrected chi connectivity index (χ4v) is 0.672. The monoisotopic (exact) mass is 172 g/mol. The van der Waals surface area contributed by atoms with E-state index in [9.17, 15) is 4.79 Å². The Morgan fingerprint density at radius 1 is 1.33 bits per heavy atom. The first-order chi connectivity index (χ1) is 5.66. The Hall–Kier alpha value is -0.700. The van der Waals surface area contributed by atoms with Crippen molar-refractivity contribution in [2.45, 2.75) is 34.1 Å². The van der Waals surface area contributed by atoms with Crippen LogP contribution >= 0.6 is 0 Å². The molecule has 72 valence electrons. The smallest absolute Gasteiger partial charge is 0.135 e. The number of nitrogens with zero attached hydrogens (tertiary/aromatic N) is 1. The number of carbonyl (C=O) groups excluding carboxylic acids is 1. The molecule has 0 aliphatic rings. The summed E-state index contributed by atoms with van der Waals surface area (Å²) in [4.78, 5) is 14.6. The minimum absolute atomic E-state index is 0.151. The van der Waals surface area contributed by atoms with E-state index in [-0.39, 0.29) is 5.78 Å². The number of carbonyl (C=O) groups is 1. The molecule has 0 aliphatic carbocycles. The standard InChI is InChI=1S/C7H14N2O.C2H6/c1-6(5-7(2)10)9-4-3-8;1-2/h3-5,8H2,1-2H3;1-2H3. The number of rotatable bonds is 4. The maximum atomic E-state index is 10.5. The maximum Gasteiger partial charge on any atom is 0.135 e. The molecule has 0 saturated heterocycles. The molecule has 0 bridgehead atoms. The van der Waals surface area contributed by atoms with E-state index in [2.05, 4.69) is 4.99 Å². The number of Topliss-reactive ketones (excluding diaryl/α,β-unsaturated/α-hetero) is 1. The van der Waals surface area contributed by atoms with Crippen LogP contribution in [0, 0.1) is 0 Å². The molecule has 0 amide bonds. The number of hydrogen-bond acceptors (Lipinski definition) is 3. The Morgan fingerprint density at radius 2 is 1.83 bits per heavy atom. The largest absolute Gasteiger partial charge is 0.329 e. The van der Waals surface area contributed by atoms with Crippen molar-refractivity contribution in [2.75, 3.05) is 13.1 Å². The number of ketones is 1. The van der Waals surface area contributed by atoms with E-state index in [4.69, 9.17) is 5.73 Å². The Morgan fingerprint density at radius 3 is 2.17 bits per heavy atom. The van der Waals surface area contributed by atoms with Gasteiger partial charge in [-0.25, -0.2) is 0 Å². The van der Waals surface area contributed by atoms with Crippen molar-refractivity contribution >= 4 is 11.5 Å². The van der Waals surface area contributed by atoms with Gasteiger partial charge in [-0.3, -0.25) is 9.79 Å². The maximum absolute atomic E-state index is 10.5. The van der Waals surface area contributed by atoms with Gasteiger partial charge in [0.25, 0.3) is 0 Å². The molecule has 3 nitrogen and oxygen atoms in total. The number of hydrogen-bond donors (Lipinski definition) is 1. The van der Waals surface area contributed by atoms with Crippen LogP contribution in [0.1, 0.15) is 34.1 Å². The van der Waals surface area contributed by atoms with Crippen molar-refractivity contribution in [1.29, 1.82) is 0 Å². The number of nitrogens with two attached hydrogens (primary N) is 1. The first-order valence-electron chi connectivity index (χ1n) is 4.36. The molecule has 3 heteroatoms. The van der Waals surface area contributed by atoms with Gasteiger partial charge in [-0.1, -0.05) is 13.8 Å². The van der Waals surface area contributed by atoms with Crippen LogP contribution in [0.4, 0.5) is 0 Å². The molecular weight excluding hydrogens is 152 g/mol. The third kappa shape index (κ3) is 12.0. The van der Waals surface area contributed by atoms with Gasteiger partial charge in [-0.15, -0.1) is 0 Å². The minimum atomic E-state index is 0.151. The molecular formula is C9H20N2O. The van der Waals surface area contributed by atoms with Crippen LogP contribution in [0.15, 0.2) is 4.99 Å². The van der Waals surface area contributed by atoms with Crippen molar-refractivity contribution < 1.29 is 4.79 Å². The lowest BCUT2D eigenvalue weighted by Crippen LogP contribution is -2.06. The highest BCUT2D eigenvalue weighted by Crippen LogP contribution is 1.86. The predicted molar refractivity (Wildman–Crippen MR) is 53.7 cm³/mol. The molecule has 0 aromatic rings. The topological polar surface area (TPSA) is 55.5 Å². The lowest BCUT2D eigenvalue weighted by molar-refractivity contribution is -0.115. The van der Waals surface area contributed by atoms with Crippen LogP contribution in [0.2, 0.25) is 0 Å². The van der Waals surface area contributed by atoms with Crippen LogP contribution in [0.3, 0.4) is 0 Å². The summed E-state index contributed by atoms with van der Waals surface area (Å²) in [5.74, 6) is 0.151. The van der Waals surface area contributed by atoms with E-state index in [1.54, 1.807) is 6.92 Å². The van der Waals surface area contributed by atoms with Gasteiger partial charge in [0.05, 0.1) is 6.54 Å². The van der Waals surface area contributed by atoms with E-state index in [0.717, 1.165) is 5.71 Å². The summed E-state index contributed by atoms with van der Waals surface area (Å²) in [7, 11) is 0. The van der Waals surface area contributed by atoms with E-state index < -0.39 is 0 Å². The second-order valence-electron chi connectivity index (χ2n) is 2.28. The summed E-state index contributed by atoms with van der Waals surface area (Å²) in [5.41, 5.74) is 6.09. The summed E-state index contributed by atoms with van der Waals surface area (Å²) in [5, 5.41) is 0. The highest BCUT2D eigenvalue weighted by molar-refractivity contribution is 5.99. The Balaban J connectivity index is 0. The molecule has 0 rings (SSSR count). The molecule has 12 heavy (non-hydrogen) atoms. The van der Waals surface area contributed by atoms with Crippen LogP contribution < -0.4 is 5.73 Å². The van der Waals surface area contributed by atoms with Gasteiger partial charge >= 0.3 is 0 Å². The molecule has 0 unspecified atom stereocenters. The molecule has 2 N–H and O–H groups in total. The second kappa shape index (κ2) is 10.3. The Bertz CT molecular complexity index is 141. The fraction of sp³-hybridized carbons (Fsp3) is 0.778. The van der Waals surface area contributed by atoms with Crippen LogP contribution in [0.25, 0.3) is 0 Å². The highest BCUT2D eigenvalue weighted by Gasteiger charge is 1.94. The molecule has 0 aromatic heterocycles. The fourth-order valence-electron chi connectivity index (χ4n) is 0.672. The lowest BCUT2D eigenvalue weighted by Gasteiger charge is -1.94. The molecule has 0 spiro atoms. The zero-order chi connectivity index (χ0) is 9.98. The summed E-state index contributed by atoms with van der Waals surface area (Å²) in [6.07, 6.45) is 0.458. The van der Waals surface area contributed by atoms with E-state index >= 15 is 0 Å². The Labute approximate surface area is 75.1 Å². The normalized spacial score (nSPS) is 10.2. The van der Waals surface area contributed by atoms with E-state index in [0.29, 0.717) is 19.5 Å². The number of aliphatic imine (C=N–C) groups is 1. The van der Waals surface area contributed by atoms with E-state index in [1.165, 1.54) is 0 Å². The summed E-state index contributed by atoms with van der Waals surface area (Å²) >= 11 is 0. The highest BCUT2D eigenvalue weighted by atomic mass is 16.1. The quantitative estimate of drug-likeness (QED) is 0.652. The third-order valence-electron chi connectivity index (χ3n) is 1.02. The van der Waals surface area contributed by atoms with Crippen molar-refractivity contribution in [3.8, 4) is 0 Å². The zero-order valence-corrected chi connectivity index (χ0v) is 8.55. The van der Waals surface area contributed by atoms with Crippen molar-refractivity contribution in [1.82, 2.24) is 0 Å². The molecule has 0 atom stereocenters. The third-order valence-corrected chi connectivity index (χ3v) is 1.02. The van der Waals surface area contributed by atoms with Crippen molar-refractivity contribution in [3.05, 3.63) is 0 Å². The summed E-state index contributed by atoms with van der Waals surface area (Å²) in [6, 6.07) is 0. The molecule has 0 saturated carbocycles. The summed E-state index contributed by atoms with van der Waals surface area (Å²) < 4.78 is 0.